The predicted molar refractivity (Wildman–Crippen MR) is 73.6 cm³/mol. The Kier molecular flexibility index (Phi) is 4.29. The first kappa shape index (κ1) is 14.1. The van der Waals surface area contributed by atoms with Crippen molar-refractivity contribution < 1.29 is 4.74 Å². The van der Waals surface area contributed by atoms with Gasteiger partial charge in [0.15, 0.2) is 0 Å². The number of hydrogen-bond donors (Lipinski definition) is 1. The van der Waals surface area contributed by atoms with Crippen LogP contribution in [0.5, 0.6) is 0 Å². The SMILES string of the molecule is CC1=CC(OC(C(C)C)C(C)C)=CC(C)(C)N1. The van der Waals surface area contributed by atoms with Crippen LogP contribution in [0.15, 0.2) is 23.6 Å². The number of rotatable bonds is 4. The summed E-state index contributed by atoms with van der Waals surface area (Å²) in [6, 6.07) is 0. The normalized spacial score (nSPS) is 19.2. The smallest absolute Gasteiger partial charge is 0.119 e. The summed E-state index contributed by atoms with van der Waals surface area (Å²) >= 11 is 0. The minimum atomic E-state index is -0.0212. The maximum Gasteiger partial charge on any atom is 0.119 e. The number of allylic oxidation sites excluding steroid dienone is 2. The third-order valence-electron chi connectivity index (χ3n) is 2.97. The van der Waals surface area contributed by atoms with Crippen LogP contribution in [0, 0.1) is 11.8 Å². The van der Waals surface area contributed by atoms with Crippen LogP contribution in [0.2, 0.25) is 0 Å². The van der Waals surface area contributed by atoms with E-state index in [4.69, 9.17) is 4.74 Å². The maximum atomic E-state index is 6.17. The molecule has 0 fully saturated rings. The van der Waals surface area contributed by atoms with E-state index in [1.54, 1.807) is 0 Å². The second-order valence-corrected chi connectivity index (χ2v) is 6.29. The molecule has 98 valence electrons. The van der Waals surface area contributed by atoms with Gasteiger partial charge >= 0.3 is 0 Å². The molecule has 0 aromatic carbocycles. The lowest BCUT2D eigenvalue weighted by molar-refractivity contribution is 0.0441. The van der Waals surface area contributed by atoms with Crippen molar-refractivity contribution >= 4 is 0 Å². The standard InChI is InChI=1S/C15H27NO/c1-10(2)14(11(3)4)17-13-8-12(5)16-15(6,7)9-13/h8-11,14,16H,1-7H3. The van der Waals surface area contributed by atoms with Gasteiger partial charge in [0.1, 0.15) is 11.9 Å². The van der Waals surface area contributed by atoms with E-state index in [1.165, 1.54) is 5.70 Å². The number of nitrogens with one attached hydrogen (secondary N) is 1. The molecule has 0 spiro atoms. The Labute approximate surface area is 106 Å². The molecule has 2 nitrogen and oxygen atoms in total. The van der Waals surface area contributed by atoms with Gasteiger partial charge in [0.25, 0.3) is 0 Å². The molecule has 0 atom stereocenters. The van der Waals surface area contributed by atoms with Gasteiger partial charge in [-0.05, 0) is 44.8 Å². The van der Waals surface area contributed by atoms with Crippen LogP contribution in [0.3, 0.4) is 0 Å². The van der Waals surface area contributed by atoms with Gasteiger partial charge in [0.2, 0.25) is 0 Å². The van der Waals surface area contributed by atoms with Crippen molar-refractivity contribution in [1.82, 2.24) is 5.32 Å². The van der Waals surface area contributed by atoms with Gasteiger partial charge in [-0.2, -0.15) is 0 Å². The zero-order valence-electron chi connectivity index (χ0n) is 12.3. The highest BCUT2D eigenvalue weighted by Crippen LogP contribution is 2.24. The lowest BCUT2D eigenvalue weighted by Crippen LogP contribution is -2.39. The Bertz CT molecular complexity index is 316. The zero-order valence-corrected chi connectivity index (χ0v) is 12.3. The summed E-state index contributed by atoms with van der Waals surface area (Å²) in [4.78, 5) is 0. The van der Waals surface area contributed by atoms with Crippen molar-refractivity contribution in [2.75, 3.05) is 0 Å². The molecule has 0 aliphatic carbocycles. The monoisotopic (exact) mass is 237 g/mol. The predicted octanol–water partition coefficient (Wildman–Crippen LogP) is 3.85. The fourth-order valence-electron chi connectivity index (χ4n) is 2.46. The second-order valence-electron chi connectivity index (χ2n) is 6.29. The minimum Gasteiger partial charge on any atom is -0.490 e. The van der Waals surface area contributed by atoms with Crippen LogP contribution in [-0.2, 0) is 4.74 Å². The van der Waals surface area contributed by atoms with Gasteiger partial charge in [-0.25, -0.2) is 0 Å². The summed E-state index contributed by atoms with van der Waals surface area (Å²) in [6.07, 6.45) is 4.53. The number of hydrogen-bond acceptors (Lipinski definition) is 2. The van der Waals surface area contributed by atoms with E-state index < -0.39 is 0 Å². The average molecular weight is 237 g/mol. The van der Waals surface area contributed by atoms with Gasteiger partial charge in [0.05, 0.1) is 5.54 Å². The number of dihydropyridines is 1. The Morgan fingerprint density at radius 2 is 1.65 bits per heavy atom. The van der Waals surface area contributed by atoms with Crippen LogP contribution in [0.1, 0.15) is 48.5 Å². The van der Waals surface area contributed by atoms with Crippen LogP contribution in [0.4, 0.5) is 0 Å². The van der Waals surface area contributed by atoms with Crippen molar-refractivity contribution in [3.63, 3.8) is 0 Å². The molecule has 1 N–H and O–H groups in total. The number of ether oxygens (including phenoxy) is 1. The fourth-order valence-corrected chi connectivity index (χ4v) is 2.46. The van der Waals surface area contributed by atoms with Gasteiger partial charge in [-0.3, -0.25) is 0 Å². The second kappa shape index (κ2) is 5.16. The molecular weight excluding hydrogens is 210 g/mol. The third-order valence-corrected chi connectivity index (χ3v) is 2.97. The summed E-state index contributed by atoms with van der Waals surface area (Å²) in [7, 11) is 0. The summed E-state index contributed by atoms with van der Waals surface area (Å²) in [5.74, 6) is 2.06. The van der Waals surface area contributed by atoms with E-state index in [1.807, 2.05) is 0 Å². The summed E-state index contributed by atoms with van der Waals surface area (Å²) in [5, 5.41) is 3.42. The van der Waals surface area contributed by atoms with E-state index >= 15 is 0 Å². The molecule has 0 saturated heterocycles. The molecule has 0 unspecified atom stereocenters. The minimum absolute atomic E-state index is 0.0212. The molecule has 0 aromatic rings. The lowest BCUT2D eigenvalue weighted by Gasteiger charge is -2.33. The van der Waals surface area contributed by atoms with Crippen LogP contribution < -0.4 is 5.32 Å². The van der Waals surface area contributed by atoms with Gasteiger partial charge in [-0.15, -0.1) is 0 Å². The van der Waals surface area contributed by atoms with Crippen molar-refractivity contribution in [2.24, 2.45) is 11.8 Å². The topological polar surface area (TPSA) is 21.3 Å². The van der Waals surface area contributed by atoms with Crippen molar-refractivity contribution in [3.8, 4) is 0 Å². The van der Waals surface area contributed by atoms with Crippen LogP contribution in [0.25, 0.3) is 0 Å². The lowest BCUT2D eigenvalue weighted by atomic mass is 9.95. The first-order chi connectivity index (χ1) is 7.71. The average Bonchev–Trinajstić information content (AvgIpc) is 2.09. The van der Waals surface area contributed by atoms with Gasteiger partial charge in [0, 0.05) is 5.70 Å². The van der Waals surface area contributed by atoms with Crippen molar-refractivity contribution in [1.29, 1.82) is 0 Å². The Hall–Kier alpha value is -0.920. The van der Waals surface area contributed by atoms with E-state index in [0.29, 0.717) is 11.8 Å². The molecule has 0 aromatic heterocycles. The summed E-state index contributed by atoms with van der Waals surface area (Å²) in [6.45, 7) is 15.3. The highest BCUT2D eigenvalue weighted by molar-refractivity contribution is 5.27. The van der Waals surface area contributed by atoms with Gasteiger partial charge in [-0.1, -0.05) is 27.7 Å². The zero-order chi connectivity index (χ0) is 13.2. The Morgan fingerprint density at radius 3 is 2.06 bits per heavy atom. The van der Waals surface area contributed by atoms with Crippen LogP contribution >= 0.6 is 0 Å². The van der Waals surface area contributed by atoms with Crippen LogP contribution in [-0.4, -0.2) is 11.6 Å². The van der Waals surface area contributed by atoms with Crippen molar-refractivity contribution in [3.05, 3.63) is 23.6 Å². The Balaban J connectivity index is 2.83. The molecule has 1 heterocycles. The molecule has 0 amide bonds. The van der Waals surface area contributed by atoms with E-state index in [2.05, 4.69) is 65.9 Å². The molecule has 0 bridgehead atoms. The van der Waals surface area contributed by atoms with Gasteiger partial charge < -0.3 is 10.1 Å². The van der Waals surface area contributed by atoms with E-state index in [0.717, 1.165) is 5.76 Å². The fraction of sp³-hybridized carbons (Fsp3) is 0.733. The molecule has 2 heteroatoms. The highest BCUT2D eigenvalue weighted by Gasteiger charge is 2.24. The Morgan fingerprint density at radius 1 is 1.12 bits per heavy atom. The molecule has 1 rings (SSSR count). The molecule has 1 aliphatic heterocycles. The summed E-state index contributed by atoms with van der Waals surface area (Å²) < 4.78 is 6.17. The maximum absolute atomic E-state index is 6.17. The molecule has 0 radical (unpaired) electrons. The molecule has 17 heavy (non-hydrogen) atoms. The molecular formula is C15H27NO. The third kappa shape index (κ3) is 4.10. The molecule has 0 saturated carbocycles. The highest BCUT2D eigenvalue weighted by atomic mass is 16.5. The largest absolute Gasteiger partial charge is 0.490 e. The first-order valence-corrected chi connectivity index (χ1v) is 6.57. The quantitative estimate of drug-likeness (QED) is 0.802. The first-order valence-electron chi connectivity index (χ1n) is 6.57. The van der Waals surface area contributed by atoms with E-state index in [-0.39, 0.29) is 11.6 Å². The van der Waals surface area contributed by atoms with Crippen molar-refractivity contribution in [2.45, 2.75) is 60.1 Å². The molecule has 1 aliphatic rings. The summed E-state index contributed by atoms with van der Waals surface area (Å²) in [5.41, 5.74) is 1.14. The van der Waals surface area contributed by atoms with E-state index in [9.17, 15) is 0 Å².